The molecule has 12 heavy (non-hydrogen) atoms. The minimum atomic E-state index is 0.204. The van der Waals surface area contributed by atoms with Crippen LogP contribution in [0.2, 0.25) is 0 Å². The first kappa shape index (κ1) is 6.99. The van der Waals surface area contributed by atoms with Gasteiger partial charge in [0.05, 0.1) is 12.0 Å². The predicted molar refractivity (Wildman–Crippen MR) is 44.0 cm³/mol. The maximum absolute atomic E-state index is 5.45. The SMILES string of the molecule is NCc1nc(N)nc2nc[nH]c12. The molecule has 0 saturated carbocycles. The summed E-state index contributed by atoms with van der Waals surface area (Å²) in [6.07, 6.45) is 1.54. The fraction of sp³-hybridized carbons (Fsp3) is 0.167. The Kier molecular flexibility index (Phi) is 1.41. The van der Waals surface area contributed by atoms with Gasteiger partial charge < -0.3 is 16.5 Å². The molecule has 2 heterocycles. The molecule has 0 atom stereocenters. The topological polar surface area (TPSA) is 106 Å². The fourth-order valence-corrected chi connectivity index (χ4v) is 1.06. The lowest BCUT2D eigenvalue weighted by Gasteiger charge is -1.97. The molecular weight excluding hydrogens is 156 g/mol. The molecule has 0 aliphatic carbocycles. The molecule has 0 radical (unpaired) electrons. The van der Waals surface area contributed by atoms with Crippen molar-refractivity contribution in [2.24, 2.45) is 5.73 Å². The Bertz CT molecular complexity index is 405. The van der Waals surface area contributed by atoms with Gasteiger partial charge in [0.1, 0.15) is 5.52 Å². The quantitative estimate of drug-likeness (QED) is 0.521. The average molecular weight is 164 g/mol. The number of nitrogens with one attached hydrogen (secondary N) is 1. The van der Waals surface area contributed by atoms with Crippen LogP contribution in [0, 0.1) is 0 Å². The first-order valence-electron chi connectivity index (χ1n) is 3.47. The van der Waals surface area contributed by atoms with E-state index in [1.54, 1.807) is 0 Å². The summed E-state index contributed by atoms with van der Waals surface area (Å²) in [4.78, 5) is 14.7. The molecule has 0 aromatic carbocycles. The van der Waals surface area contributed by atoms with Gasteiger partial charge in [0.2, 0.25) is 5.95 Å². The molecule has 0 amide bonds. The summed E-state index contributed by atoms with van der Waals surface area (Å²) in [6, 6.07) is 0. The third-order valence-corrected chi connectivity index (χ3v) is 1.57. The average Bonchev–Trinajstić information content (AvgIpc) is 2.50. The van der Waals surface area contributed by atoms with Gasteiger partial charge in [-0.2, -0.15) is 4.98 Å². The Balaban J connectivity index is 2.80. The molecule has 2 aromatic heterocycles. The number of aromatic nitrogens is 4. The van der Waals surface area contributed by atoms with Gasteiger partial charge in [0, 0.05) is 6.54 Å². The van der Waals surface area contributed by atoms with Crippen LogP contribution in [0.25, 0.3) is 11.2 Å². The van der Waals surface area contributed by atoms with Crippen molar-refractivity contribution in [1.82, 2.24) is 19.9 Å². The lowest BCUT2D eigenvalue weighted by Crippen LogP contribution is -2.05. The van der Waals surface area contributed by atoms with Crippen LogP contribution in [0.1, 0.15) is 5.69 Å². The highest BCUT2D eigenvalue weighted by Crippen LogP contribution is 2.10. The number of hydrogen-bond acceptors (Lipinski definition) is 5. The van der Waals surface area contributed by atoms with Crippen molar-refractivity contribution in [3.05, 3.63) is 12.0 Å². The molecule has 0 aliphatic heterocycles. The van der Waals surface area contributed by atoms with E-state index in [2.05, 4.69) is 19.9 Å². The number of imidazole rings is 1. The number of rotatable bonds is 1. The Morgan fingerprint density at radius 1 is 1.42 bits per heavy atom. The summed E-state index contributed by atoms with van der Waals surface area (Å²) in [5.41, 5.74) is 12.9. The van der Waals surface area contributed by atoms with Crippen molar-refractivity contribution in [2.45, 2.75) is 6.54 Å². The second-order valence-electron chi connectivity index (χ2n) is 2.33. The first-order chi connectivity index (χ1) is 5.81. The van der Waals surface area contributed by atoms with Gasteiger partial charge in [0.15, 0.2) is 5.65 Å². The molecule has 62 valence electrons. The summed E-state index contributed by atoms with van der Waals surface area (Å²) in [5.74, 6) is 0.204. The van der Waals surface area contributed by atoms with E-state index in [0.717, 1.165) is 5.52 Å². The molecule has 5 N–H and O–H groups in total. The summed E-state index contributed by atoms with van der Waals surface area (Å²) in [5, 5.41) is 0. The molecule has 2 aromatic rings. The second-order valence-corrected chi connectivity index (χ2v) is 2.33. The molecule has 6 heteroatoms. The van der Waals surface area contributed by atoms with E-state index in [1.807, 2.05) is 0 Å². The van der Waals surface area contributed by atoms with Crippen LogP contribution < -0.4 is 11.5 Å². The zero-order valence-electron chi connectivity index (χ0n) is 6.28. The Morgan fingerprint density at radius 3 is 3.00 bits per heavy atom. The van der Waals surface area contributed by atoms with E-state index < -0.39 is 0 Å². The van der Waals surface area contributed by atoms with Crippen molar-refractivity contribution >= 4 is 17.1 Å². The van der Waals surface area contributed by atoms with E-state index in [4.69, 9.17) is 11.5 Å². The molecule has 0 fully saturated rings. The fourth-order valence-electron chi connectivity index (χ4n) is 1.06. The third kappa shape index (κ3) is 0.892. The maximum Gasteiger partial charge on any atom is 0.222 e. The second kappa shape index (κ2) is 2.42. The summed E-state index contributed by atoms with van der Waals surface area (Å²) < 4.78 is 0. The van der Waals surface area contributed by atoms with Crippen LogP contribution in [0.3, 0.4) is 0 Å². The maximum atomic E-state index is 5.45. The number of anilines is 1. The van der Waals surface area contributed by atoms with E-state index in [-0.39, 0.29) is 5.95 Å². The van der Waals surface area contributed by atoms with Gasteiger partial charge in [-0.25, -0.2) is 9.97 Å². The monoisotopic (exact) mass is 164 g/mol. The zero-order valence-corrected chi connectivity index (χ0v) is 6.28. The van der Waals surface area contributed by atoms with Crippen LogP contribution in [-0.4, -0.2) is 19.9 Å². The predicted octanol–water partition coefficient (Wildman–Crippen LogP) is -0.606. The number of nitrogens with two attached hydrogens (primary N) is 2. The first-order valence-corrected chi connectivity index (χ1v) is 3.47. The summed E-state index contributed by atoms with van der Waals surface area (Å²) in [7, 11) is 0. The lowest BCUT2D eigenvalue weighted by atomic mass is 10.3. The number of H-pyrrole nitrogens is 1. The smallest absolute Gasteiger partial charge is 0.222 e. The zero-order chi connectivity index (χ0) is 8.55. The molecule has 0 saturated heterocycles. The normalized spacial score (nSPS) is 10.8. The van der Waals surface area contributed by atoms with Crippen LogP contribution >= 0.6 is 0 Å². The highest BCUT2D eigenvalue weighted by atomic mass is 15.1. The van der Waals surface area contributed by atoms with E-state index >= 15 is 0 Å². The van der Waals surface area contributed by atoms with Crippen molar-refractivity contribution in [3.63, 3.8) is 0 Å². The van der Waals surface area contributed by atoms with Gasteiger partial charge in [-0.1, -0.05) is 0 Å². The molecule has 0 spiro atoms. The van der Waals surface area contributed by atoms with Gasteiger partial charge in [0.25, 0.3) is 0 Å². The van der Waals surface area contributed by atoms with Gasteiger partial charge in [-0.3, -0.25) is 0 Å². The Morgan fingerprint density at radius 2 is 2.25 bits per heavy atom. The standard InChI is InChI=1S/C6H8N6/c7-1-3-4-5(10-2-9-4)12-6(8)11-3/h2H,1,7H2,(H3,8,9,10,11,12). The van der Waals surface area contributed by atoms with Crippen LogP contribution in [0.15, 0.2) is 6.33 Å². The summed E-state index contributed by atoms with van der Waals surface area (Å²) in [6.45, 7) is 0.325. The number of nitrogen functional groups attached to an aromatic ring is 1. The highest BCUT2D eigenvalue weighted by molar-refractivity contribution is 5.73. The number of nitrogens with zero attached hydrogens (tertiary/aromatic N) is 3. The molecule has 0 aliphatic rings. The molecule has 0 bridgehead atoms. The van der Waals surface area contributed by atoms with E-state index in [9.17, 15) is 0 Å². The lowest BCUT2D eigenvalue weighted by molar-refractivity contribution is 0.991. The highest BCUT2D eigenvalue weighted by Gasteiger charge is 2.05. The molecule has 2 rings (SSSR count). The van der Waals surface area contributed by atoms with Gasteiger partial charge in [-0.05, 0) is 0 Å². The number of hydrogen-bond donors (Lipinski definition) is 3. The largest absolute Gasteiger partial charge is 0.368 e. The van der Waals surface area contributed by atoms with Crippen molar-refractivity contribution in [1.29, 1.82) is 0 Å². The van der Waals surface area contributed by atoms with Crippen LogP contribution in [0.5, 0.6) is 0 Å². The molecule has 0 unspecified atom stereocenters. The molecule has 6 nitrogen and oxygen atoms in total. The minimum absolute atomic E-state index is 0.204. The Labute approximate surface area is 68.0 Å². The van der Waals surface area contributed by atoms with E-state index in [0.29, 0.717) is 17.9 Å². The van der Waals surface area contributed by atoms with Crippen LogP contribution in [-0.2, 0) is 6.54 Å². The van der Waals surface area contributed by atoms with E-state index in [1.165, 1.54) is 6.33 Å². The summed E-state index contributed by atoms with van der Waals surface area (Å²) >= 11 is 0. The van der Waals surface area contributed by atoms with Gasteiger partial charge in [-0.15, -0.1) is 0 Å². The van der Waals surface area contributed by atoms with Crippen molar-refractivity contribution in [3.8, 4) is 0 Å². The number of fused-ring (bicyclic) bond motifs is 1. The minimum Gasteiger partial charge on any atom is -0.368 e. The van der Waals surface area contributed by atoms with Crippen molar-refractivity contribution < 1.29 is 0 Å². The van der Waals surface area contributed by atoms with Gasteiger partial charge >= 0.3 is 0 Å². The molecular formula is C6H8N6. The number of aromatic amines is 1. The van der Waals surface area contributed by atoms with Crippen LogP contribution in [0.4, 0.5) is 5.95 Å². The van der Waals surface area contributed by atoms with Crippen molar-refractivity contribution in [2.75, 3.05) is 5.73 Å². The third-order valence-electron chi connectivity index (χ3n) is 1.57. The Hall–Kier alpha value is -1.69.